The molecule has 0 radical (unpaired) electrons. The molecular weight excluding hydrogens is 428 g/mol. The third-order valence-corrected chi connectivity index (χ3v) is 7.21. The second kappa shape index (κ2) is 9.65. The number of nitrogens with two attached hydrogens (primary N) is 1. The lowest BCUT2D eigenvalue weighted by Gasteiger charge is -2.38. The van der Waals surface area contributed by atoms with E-state index in [2.05, 4.69) is 32.5 Å². The molecule has 168 valence electrons. The highest BCUT2D eigenvalue weighted by molar-refractivity contribution is 8.14. The molecule has 0 bridgehead atoms. The summed E-state index contributed by atoms with van der Waals surface area (Å²) < 4.78 is 25.7. The number of benzene rings is 2. The average molecular weight is 456 g/mol. The smallest absolute Gasteiger partial charge is 0.278 e. The Morgan fingerprint density at radius 2 is 1.84 bits per heavy atom. The number of rotatable bonds is 7. The van der Waals surface area contributed by atoms with Gasteiger partial charge in [0.25, 0.3) is 6.43 Å². The Morgan fingerprint density at radius 3 is 2.47 bits per heavy atom. The van der Waals surface area contributed by atoms with Gasteiger partial charge in [0.2, 0.25) is 0 Å². The predicted octanol–water partition coefficient (Wildman–Crippen LogP) is 4.58. The third kappa shape index (κ3) is 5.07. The maximum absolute atomic E-state index is 12.8. The van der Waals surface area contributed by atoms with Crippen molar-refractivity contribution in [2.45, 2.75) is 19.4 Å². The van der Waals surface area contributed by atoms with Crippen LogP contribution in [-0.2, 0) is 6.54 Å². The number of hydrogen-bond acceptors (Lipinski definition) is 5. The van der Waals surface area contributed by atoms with Gasteiger partial charge in [-0.05, 0) is 29.3 Å². The van der Waals surface area contributed by atoms with Crippen molar-refractivity contribution in [3.8, 4) is 0 Å². The summed E-state index contributed by atoms with van der Waals surface area (Å²) in [4.78, 5) is 4.48. The van der Waals surface area contributed by atoms with E-state index < -0.39 is 6.43 Å². The zero-order chi connectivity index (χ0) is 22.7. The fourth-order valence-electron chi connectivity index (χ4n) is 3.78. The molecular formula is C24H27F2N5S. The molecule has 0 amide bonds. The van der Waals surface area contributed by atoms with E-state index in [0.717, 1.165) is 47.2 Å². The van der Waals surface area contributed by atoms with Crippen molar-refractivity contribution >= 4 is 39.2 Å². The summed E-state index contributed by atoms with van der Waals surface area (Å²) in [5.74, 6) is 7.29. The van der Waals surface area contributed by atoms with Crippen LogP contribution in [0.15, 0.2) is 71.1 Å². The lowest BCUT2D eigenvalue weighted by Crippen LogP contribution is -2.40. The molecule has 8 heteroatoms. The van der Waals surface area contributed by atoms with E-state index in [1.54, 1.807) is 0 Å². The van der Waals surface area contributed by atoms with Gasteiger partial charge in [-0.25, -0.2) is 8.78 Å². The minimum absolute atomic E-state index is 0.0894. The molecule has 1 fully saturated rings. The van der Waals surface area contributed by atoms with Crippen molar-refractivity contribution in [2.24, 2.45) is 10.2 Å². The topological polar surface area (TPSA) is 57.2 Å². The van der Waals surface area contributed by atoms with Crippen molar-refractivity contribution in [2.75, 3.05) is 35.2 Å². The van der Waals surface area contributed by atoms with Crippen molar-refractivity contribution in [1.82, 2.24) is 4.90 Å². The largest absolute Gasteiger partial charge is 0.399 e. The van der Waals surface area contributed by atoms with E-state index in [0.29, 0.717) is 17.9 Å². The molecule has 32 heavy (non-hydrogen) atoms. The SMILES string of the molecule is C=C(N1CCS(=C)CC1)N(Cc1ccc(C2=NN=C(C(F)F)C2)cc1)c1cccc(N)c1. The van der Waals surface area contributed by atoms with Gasteiger partial charge < -0.3 is 15.5 Å². The highest BCUT2D eigenvalue weighted by Crippen LogP contribution is 2.28. The second-order valence-electron chi connectivity index (χ2n) is 7.92. The van der Waals surface area contributed by atoms with E-state index in [1.165, 1.54) is 0 Å². The fraction of sp³-hybridized carbons (Fsp3) is 0.292. The van der Waals surface area contributed by atoms with Crippen molar-refractivity contribution < 1.29 is 8.78 Å². The van der Waals surface area contributed by atoms with Crippen molar-refractivity contribution in [1.29, 1.82) is 0 Å². The summed E-state index contributed by atoms with van der Waals surface area (Å²) in [6.45, 7) is 6.89. The molecule has 2 aromatic carbocycles. The molecule has 0 spiro atoms. The zero-order valence-electron chi connectivity index (χ0n) is 17.9. The Balaban J connectivity index is 1.52. The number of halogens is 2. The molecule has 2 aromatic rings. The van der Waals surface area contributed by atoms with E-state index in [-0.39, 0.29) is 22.6 Å². The molecule has 0 saturated carbocycles. The molecule has 5 nitrogen and oxygen atoms in total. The van der Waals surface area contributed by atoms with Gasteiger partial charge in [0.05, 0.1) is 5.71 Å². The van der Waals surface area contributed by atoms with Crippen LogP contribution in [0.3, 0.4) is 0 Å². The monoisotopic (exact) mass is 455 g/mol. The van der Waals surface area contributed by atoms with Gasteiger partial charge in [0.1, 0.15) is 11.5 Å². The Hall–Kier alpha value is -3.00. The second-order valence-corrected chi connectivity index (χ2v) is 9.96. The third-order valence-electron chi connectivity index (χ3n) is 5.69. The van der Waals surface area contributed by atoms with E-state index >= 15 is 0 Å². The van der Waals surface area contributed by atoms with Crippen LogP contribution < -0.4 is 10.6 Å². The van der Waals surface area contributed by atoms with E-state index in [4.69, 9.17) is 5.73 Å². The molecule has 1 saturated heterocycles. The molecule has 2 aliphatic heterocycles. The Kier molecular flexibility index (Phi) is 6.69. The van der Waals surface area contributed by atoms with Crippen LogP contribution in [0.2, 0.25) is 0 Å². The fourth-order valence-corrected chi connectivity index (χ4v) is 4.94. The Bertz CT molecular complexity index is 1070. The minimum atomic E-state index is -2.57. The first kappa shape index (κ1) is 22.2. The van der Waals surface area contributed by atoms with Crippen LogP contribution in [0.1, 0.15) is 17.5 Å². The summed E-state index contributed by atoms with van der Waals surface area (Å²) in [6, 6.07) is 15.6. The van der Waals surface area contributed by atoms with Crippen LogP contribution >= 0.6 is 10.5 Å². The number of alkyl halides is 2. The summed E-state index contributed by atoms with van der Waals surface area (Å²) in [6.07, 6.45) is -2.48. The van der Waals surface area contributed by atoms with Crippen LogP contribution in [0.5, 0.6) is 0 Å². The Morgan fingerprint density at radius 1 is 1.12 bits per heavy atom. The highest BCUT2D eigenvalue weighted by atomic mass is 32.2. The van der Waals surface area contributed by atoms with Gasteiger partial charge in [-0.3, -0.25) is 0 Å². The molecule has 0 aliphatic carbocycles. The highest BCUT2D eigenvalue weighted by Gasteiger charge is 2.23. The van der Waals surface area contributed by atoms with E-state index in [1.807, 2.05) is 48.5 Å². The van der Waals surface area contributed by atoms with Crippen LogP contribution in [0, 0.1) is 0 Å². The minimum Gasteiger partial charge on any atom is -0.399 e. The molecule has 4 rings (SSSR count). The summed E-state index contributed by atoms with van der Waals surface area (Å²) >= 11 is 0. The molecule has 0 aromatic heterocycles. The Labute approximate surface area is 189 Å². The summed E-state index contributed by atoms with van der Waals surface area (Å²) in [5, 5.41) is 7.53. The van der Waals surface area contributed by atoms with Gasteiger partial charge in [-0.15, -0.1) is 0 Å². The number of anilines is 2. The molecule has 0 atom stereocenters. The lowest BCUT2D eigenvalue weighted by atomic mass is 10.0. The molecule has 2 heterocycles. The van der Waals surface area contributed by atoms with Crippen molar-refractivity contribution in [3.05, 3.63) is 72.1 Å². The normalized spacial score (nSPS) is 16.8. The zero-order valence-corrected chi connectivity index (χ0v) is 18.7. The quantitative estimate of drug-likeness (QED) is 0.491. The van der Waals surface area contributed by atoms with Crippen LogP contribution in [0.4, 0.5) is 20.2 Å². The van der Waals surface area contributed by atoms with Gasteiger partial charge in [0, 0.05) is 48.9 Å². The first-order chi connectivity index (χ1) is 15.4. The van der Waals surface area contributed by atoms with Gasteiger partial charge >= 0.3 is 0 Å². The average Bonchev–Trinajstić information content (AvgIpc) is 3.29. The summed E-state index contributed by atoms with van der Waals surface area (Å²) in [5.41, 5.74) is 10.00. The number of nitrogens with zero attached hydrogens (tertiary/aromatic N) is 4. The number of nitrogen functional groups attached to an aromatic ring is 1. The molecule has 2 aliphatic rings. The van der Waals surface area contributed by atoms with Gasteiger partial charge in [0.15, 0.2) is 0 Å². The standard InChI is InChI=1S/C24H27F2N5S/c1-17(30-10-12-32(2)13-11-30)31(21-5-3-4-20(27)14-21)16-18-6-8-19(9-7-18)22-15-23(24(25)26)29-28-22/h3-9,14,24H,1-2,10-13,15-16,27H2. The van der Waals surface area contributed by atoms with Crippen molar-refractivity contribution in [3.63, 3.8) is 0 Å². The van der Waals surface area contributed by atoms with Gasteiger partial charge in [-0.1, -0.05) is 42.8 Å². The van der Waals surface area contributed by atoms with Crippen LogP contribution in [0.25, 0.3) is 0 Å². The first-order valence-electron chi connectivity index (χ1n) is 10.5. The maximum Gasteiger partial charge on any atom is 0.278 e. The van der Waals surface area contributed by atoms with Gasteiger partial charge in [-0.2, -0.15) is 20.7 Å². The maximum atomic E-state index is 12.8. The summed E-state index contributed by atoms with van der Waals surface area (Å²) in [7, 11) is 0.225. The predicted molar refractivity (Wildman–Crippen MR) is 133 cm³/mol. The van der Waals surface area contributed by atoms with Crippen LogP contribution in [-0.4, -0.2) is 53.2 Å². The number of hydrogen-bond donors (Lipinski definition) is 1. The lowest BCUT2D eigenvalue weighted by molar-refractivity contribution is 0.224. The molecule has 0 unspecified atom stereocenters. The first-order valence-corrected chi connectivity index (χ1v) is 12.2. The van der Waals surface area contributed by atoms with E-state index in [9.17, 15) is 8.78 Å². The molecule has 2 N–H and O–H groups in total.